The van der Waals surface area contributed by atoms with Gasteiger partial charge in [0.25, 0.3) is 0 Å². The molecule has 3 aromatic rings. The normalized spacial score (nSPS) is 12.2. The lowest BCUT2D eigenvalue weighted by Gasteiger charge is -2.18. The van der Waals surface area contributed by atoms with Crippen molar-refractivity contribution in [3.8, 4) is 17.0 Å². The summed E-state index contributed by atoms with van der Waals surface area (Å²) in [4.78, 5) is 16.1. The van der Waals surface area contributed by atoms with Gasteiger partial charge in [-0.25, -0.2) is 13.4 Å². The first-order valence-corrected chi connectivity index (χ1v) is 10.7. The molecule has 0 atom stereocenters. The minimum atomic E-state index is -4.59. The number of methoxy groups -OCH3 is 1. The van der Waals surface area contributed by atoms with Crippen LogP contribution in [-0.4, -0.2) is 32.2 Å². The molecule has 1 heterocycles. The van der Waals surface area contributed by atoms with Gasteiger partial charge in [-0.2, -0.15) is 13.2 Å². The number of benzene rings is 2. The van der Waals surface area contributed by atoms with Crippen LogP contribution in [0.15, 0.2) is 41.3 Å². The van der Waals surface area contributed by atoms with Crippen molar-refractivity contribution in [1.82, 2.24) is 4.98 Å². The minimum absolute atomic E-state index is 0.00551. The molecule has 3 rings (SSSR count). The van der Waals surface area contributed by atoms with Crippen LogP contribution in [0.4, 0.5) is 13.2 Å². The average Bonchev–Trinajstić information content (AvgIpc) is 2.71. The Morgan fingerprint density at radius 1 is 1.19 bits per heavy atom. The molecule has 0 fully saturated rings. The molecule has 1 aromatic heterocycles. The molecule has 0 saturated carbocycles. The van der Waals surface area contributed by atoms with Crippen molar-refractivity contribution in [1.29, 1.82) is 0 Å². The number of fused-ring (bicyclic) bond motifs is 1. The number of alkyl halides is 3. The van der Waals surface area contributed by atoms with Crippen LogP contribution < -0.4 is 9.84 Å². The zero-order valence-electron chi connectivity index (χ0n) is 16.7. The van der Waals surface area contributed by atoms with E-state index in [9.17, 15) is 31.5 Å². The fraction of sp³-hybridized carbons (Fsp3) is 0.238. The first-order chi connectivity index (χ1) is 14.4. The zero-order valence-corrected chi connectivity index (χ0v) is 17.5. The number of hydrogen-bond acceptors (Lipinski definition) is 6. The predicted octanol–water partition coefficient (Wildman–Crippen LogP) is 3.39. The van der Waals surface area contributed by atoms with E-state index in [2.05, 4.69) is 4.98 Å². The van der Waals surface area contributed by atoms with Gasteiger partial charge in [-0.3, -0.25) is 0 Å². The Hall–Kier alpha value is -3.14. The Kier molecular flexibility index (Phi) is 5.70. The van der Waals surface area contributed by atoms with Crippen LogP contribution in [0.3, 0.4) is 0 Å². The first-order valence-electron chi connectivity index (χ1n) is 9.04. The number of aromatic carboxylic acids is 1. The van der Waals surface area contributed by atoms with Crippen LogP contribution in [0.25, 0.3) is 22.2 Å². The molecular weight excluding hydrogens is 435 g/mol. The molecule has 0 N–H and O–H groups in total. The summed E-state index contributed by atoms with van der Waals surface area (Å²) in [6.07, 6.45) is -4.59. The number of carboxylic acid groups (broad SMARTS) is 1. The van der Waals surface area contributed by atoms with E-state index >= 15 is 0 Å². The Labute approximate surface area is 176 Å². The Morgan fingerprint density at radius 3 is 2.42 bits per heavy atom. The molecule has 2 aromatic carbocycles. The number of aromatic nitrogens is 1. The van der Waals surface area contributed by atoms with Gasteiger partial charge in [-0.15, -0.1) is 0 Å². The third kappa shape index (κ3) is 4.07. The lowest BCUT2D eigenvalue weighted by atomic mass is 9.96. The number of carbonyl (C=O) groups excluding carboxylic acids is 1. The van der Waals surface area contributed by atoms with E-state index < -0.39 is 27.5 Å². The summed E-state index contributed by atoms with van der Waals surface area (Å²) in [6.45, 7) is 2.81. The molecule has 0 bridgehead atoms. The van der Waals surface area contributed by atoms with E-state index in [1.807, 2.05) is 0 Å². The molecule has 0 unspecified atom stereocenters. The summed E-state index contributed by atoms with van der Waals surface area (Å²) < 4.78 is 69.4. The van der Waals surface area contributed by atoms with Crippen molar-refractivity contribution in [2.24, 2.45) is 0 Å². The third-order valence-electron chi connectivity index (χ3n) is 4.90. The van der Waals surface area contributed by atoms with Crippen molar-refractivity contribution in [2.45, 2.75) is 24.9 Å². The number of halogens is 3. The average molecular weight is 452 g/mol. The molecule has 0 aliphatic heterocycles. The predicted molar refractivity (Wildman–Crippen MR) is 106 cm³/mol. The van der Waals surface area contributed by atoms with E-state index in [0.717, 1.165) is 18.2 Å². The molecule has 10 heteroatoms. The van der Waals surface area contributed by atoms with Gasteiger partial charge in [0, 0.05) is 22.6 Å². The van der Waals surface area contributed by atoms with Gasteiger partial charge < -0.3 is 14.6 Å². The van der Waals surface area contributed by atoms with Gasteiger partial charge in [0.2, 0.25) is 0 Å². The standard InChI is InChI=1S/C21H18F3NO5S/c1-4-31(28,29)17-9-14-15(10-16(17)30-3)25-19(11(2)18(14)20(26)27)12-6-5-7-13(8-12)21(22,23)24/h5-10H,4H2,1-3H3,(H,26,27)/p-1. The van der Waals surface area contributed by atoms with Gasteiger partial charge in [0.05, 0.1) is 35.6 Å². The second kappa shape index (κ2) is 7.84. The maximum Gasteiger partial charge on any atom is 0.416 e. The second-order valence-electron chi connectivity index (χ2n) is 6.75. The molecule has 0 aliphatic carbocycles. The van der Waals surface area contributed by atoms with E-state index in [-0.39, 0.29) is 49.7 Å². The summed E-state index contributed by atoms with van der Waals surface area (Å²) in [7, 11) is -2.52. The van der Waals surface area contributed by atoms with Gasteiger partial charge in [0.15, 0.2) is 9.84 Å². The maximum atomic E-state index is 13.1. The molecule has 6 nitrogen and oxygen atoms in total. The molecule has 0 amide bonds. The first kappa shape index (κ1) is 22.5. The quantitative estimate of drug-likeness (QED) is 0.589. The number of carbonyl (C=O) groups is 1. The number of nitrogens with zero attached hydrogens (tertiary/aromatic N) is 1. The second-order valence-corrected chi connectivity index (χ2v) is 9.00. The maximum absolute atomic E-state index is 13.1. The summed E-state index contributed by atoms with van der Waals surface area (Å²) in [5, 5.41) is 11.9. The van der Waals surface area contributed by atoms with Crippen LogP contribution in [0, 0.1) is 6.92 Å². The highest BCUT2D eigenvalue weighted by Gasteiger charge is 2.31. The van der Waals surface area contributed by atoms with E-state index in [0.29, 0.717) is 0 Å². The largest absolute Gasteiger partial charge is 0.545 e. The van der Waals surface area contributed by atoms with E-state index in [1.54, 1.807) is 0 Å². The molecule has 164 valence electrons. The number of pyridine rings is 1. The van der Waals surface area contributed by atoms with Crippen LogP contribution in [0.1, 0.15) is 28.4 Å². The van der Waals surface area contributed by atoms with E-state index in [4.69, 9.17) is 4.74 Å². The summed E-state index contributed by atoms with van der Waals surface area (Å²) in [5.74, 6) is -1.90. The van der Waals surface area contributed by atoms with Crippen LogP contribution in [-0.2, 0) is 16.0 Å². The molecule has 0 aliphatic rings. The monoisotopic (exact) mass is 452 g/mol. The minimum Gasteiger partial charge on any atom is -0.545 e. The van der Waals surface area contributed by atoms with Crippen molar-refractivity contribution in [2.75, 3.05) is 12.9 Å². The molecule has 0 radical (unpaired) electrons. The fourth-order valence-corrected chi connectivity index (χ4v) is 4.37. The Balaban J connectivity index is 2.41. The molecule has 31 heavy (non-hydrogen) atoms. The number of hydrogen-bond donors (Lipinski definition) is 0. The van der Waals surface area contributed by atoms with Crippen LogP contribution in [0.2, 0.25) is 0 Å². The van der Waals surface area contributed by atoms with Crippen LogP contribution in [0.5, 0.6) is 5.75 Å². The highest BCUT2D eigenvalue weighted by atomic mass is 32.2. The Bertz CT molecular complexity index is 1300. The van der Waals surface area contributed by atoms with Crippen molar-refractivity contribution in [3.63, 3.8) is 0 Å². The molecule has 0 spiro atoms. The highest BCUT2D eigenvalue weighted by molar-refractivity contribution is 7.91. The summed E-state index contributed by atoms with van der Waals surface area (Å²) in [5.41, 5.74) is -1.11. The molecule has 0 saturated heterocycles. The highest BCUT2D eigenvalue weighted by Crippen LogP contribution is 2.37. The van der Waals surface area contributed by atoms with Gasteiger partial charge >= 0.3 is 6.18 Å². The van der Waals surface area contributed by atoms with Crippen molar-refractivity contribution in [3.05, 3.63) is 53.1 Å². The fourth-order valence-electron chi connectivity index (χ4n) is 3.31. The lowest BCUT2D eigenvalue weighted by molar-refractivity contribution is -0.254. The number of carboxylic acids is 1. The summed E-state index contributed by atoms with van der Waals surface area (Å²) >= 11 is 0. The number of ether oxygens (including phenoxy) is 1. The SMILES string of the molecule is CCS(=O)(=O)c1cc2c(C(=O)[O-])c(C)c(-c3cccc(C(F)(F)F)c3)nc2cc1OC. The third-order valence-corrected chi connectivity index (χ3v) is 6.65. The van der Waals surface area contributed by atoms with Gasteiger partial charge in [-0.05, 0) is 30.7 Å². The van der Waals surface area contributed by atoms with Crippen molar-refractivity contribution < 1.29 is 36.2 Å². The van der Waals surface area contributed by atoms with E-state index in [1.165, 1.54) is 39.2 Å². The van der Waals surface area contributed by atoms with Gasteiger partial charge in [-0.1, -0.05) is 19.1 Å². The number of rotatable bonds is 5. The summed E-state index contributed by atoms with van der Waals surface area (Å²) in [6, 6.07) is 6.73. The smallest absolute Gasteiger partial charge is 0.416 e. The topological polar surface area (TPSA) is 96.4 Å². The van der Waals surface area contributed by atoms with Crippen LogP contribution >= 0.6 is 0 Å². The Morgan fingerprint density at radius 2 is 1.87 bits per heavy atom. The molecular formula is C21H17F3NO5S-. The van der Waals surface area contributed by atoms with Crippen molar-refractivity contribution >= 4 is 26.7 Å². The number of sulfone groups is 1. The lowest BCUT2D eigenvalue weighted by Crippen LogP contribution is -2.24. The van der Waals surface area contributed by atoms with Gasteiger partial charge in [0.1, 0.15) is 10.6 Å². The zero-order chi connectivity index (χ0) is 23.1.